The molecule has 1 unspecified atom stereocenters. The van der Waals surface area contributed by atoms with Crippen LogP contribution in [0.25, 0.3) is 0 Å². The molecule has 0 radical (unpaired) electrons. The van der Waals surface area contributed by atoms with Crippen LogP contribution in [0.2, 0.25) is 10.0 Å². The zero-order valence-corrected chi connectivity index (χ0v) is 18.5. The van der Waals surface area contributed by atoms with Crippen LogP contribution in [-0.4, -0.2) is 43.6 Å². The Morgan fingerprint density at radius 3 is 2.85 bits per heavy atom. The summed E-state index contributed by atoms with van der Waals surface area (Å²) < 4.78 is 5.32. The first kappa shape index (κ1) is 22.0. The maximum absolute atomic E-state index is 6.22. The third-order valence-corrected chi connectivity index (χ3v) is 5.81. The fraction of sp³-hybridized carbons (Fsp3) is 0.474. The zero-order chi connectivity index (χ0) is 19.8. The van der Waals surface area contributed by atoms with E-state index in [-0.39, 0.29) is 6.10 Å². The monoisotopic (exact) mass is 428 g/mol. The molecule has 0 fully saturated rings. The molecule has 0 aliphatic heterocycles. The minimum Gasteiger partial charge on any atom is -0.375 e. The van der Waals surface area contributed by atoms with Gasteiger partial charge in [0.25, 0.3) is 0 Å². The lowest BCUT2D eigenvalue weighted by Gasteiger charge is -2.21. The predicted molar refractivity (Wildman–Crippen MR) is 115 cm³/mol. The van der Waals surface area contributed by atoms with Crippen molar-refractivity contribution >= 4 is 40.5 Å². The number of nitrogens with one attached hydrogen (secondary N) is 1. The van der Waals surface area contributed by atoms with Crippen molar-refractivity contribution in [3.05, 3.63) is 49.9 Å². The fourth-order valence-electron chi connectivity index (χ4n) is 2.59. The summed E-state index contributed by atoms with van der Waals surface area (Å²) in [5.41, 5.74) is 2.12. The Balaban J connectivity index is 1.81. The normalized spacial score (nSPS) is 12.9. The minimum atomic E-state index is 0.0196. The average Bonchev–Trinajstić information content (AvgIpc) is 3.11. The number of methoxy groups -OCH3 is 1. The Kier molecular flexibility index (Phi) is 8.83. The van der Waals surface area contributed by atoms with Crippen molar-refractivity contribution in [3.8, 4) is 0 Å². The Bertz CT molecular complexity index is 766. The number of aliphatic imine (C=N–C) groups is 1. The maximum atomic E-state index is 6.22. The molecular formula is C19H26Cl2N4OS. The van der Waals surface area contributed by atoms with Crippen molar-refractivity contribution in [3.63, 3.8) is 0 Å². The van der Waals surface area contributed by atoms with Gasteiger partial charge in [-0.2, -0.15) is 0 Å². The van der Waals surface area contributed by atoms with E-state index in [1.165, 1.54) is 0 Å². The topological polar surface area (TPSA) is 49.8 Å². The Morgan fingerprint density at radius 1 is 1.41 bits per heavy atom. The molecule has 148 valence electrons. The first-order valence-electron chi connectivity index (χ1n) is 8.77. The molecule has 0 aliphatic rings. The van der Waals surface area contributed by atoms with E-state index in [2.05, 4.69) is 25.6 Å². The number of hydrogen-bond acceptors (Lipinski definition) is 4. The van der Waals surface area contributed by atoms with Gasteiger partial charge in [0.05, 0.1) is 12.2 Å². The second kappa shape index (κ2) is 10.9. The molecule has 1 aromatic carbocycles. The molecule has 2 rings (SSSR count). The SMILES string of the molecule is CN=C(NCCCc1ccc(Cl)cc1Cl)N(C)Cc1csc(C(C)OC)n1. The fourth-order valence-corrected chi connectivity index (χ4v) is 3.93. The van der Waals surface area contributed by atoms with Gasteiger partial charge in [0.1, 0.15) is 11.1 Å². The summed E-state index contributed by atoms with van der Waals surface area (Å²) >= 11 is 13.8. The minimum absolute atomic E-state index is 0.0196. The molecule has 0 amide bonds. The molecular weight excluding hydrogens is 403 g/mol. The first-order valence-corrected chi connectivity index (χ1v) is 10.4. The van der Waals surface area contributed by atoms with Gasteiger partial charge in [-0.25, -0.2) is 4.98 Å². The molecule has 1 aromatic heterocycles. The Hall–Kier alpha value is -1.34. The van der Waals surface area contributed by atoms with Crippen LogP contribution in [0.15, 0.2) is 28.6 Å². The van der Waals surface area contributed by atoms with Gasteiger partial charge in [0, 0.05) is 43.2 Å². The molecule has 8 heteroatoms. The highest BCUT2D eigenvalue weighted by Crippen LogP contribution is 2.22. The van der Waals surface area contributed by atoms with E-state index >= 15 is 0 Å². The quantitative estimate of drug-likeness (QED) is 0.372. The molecule has 2 aromatic rings. The lowest BCUT2D eigenvalue weighted by atomic mass is 10.1. The van der Waals surface area contributed by atoms with Crippen LogP contribution in [0.5, 0.6) is 0 Å². The van der Waals surface area contributed by atoms with Crippen LogP contribution in [0.4, 0.5) is 0 Å². The lowest BCUT2D eigenvalue weighted by Crippen LogP contribution is -2.39. The van der Waals surface area contributed by atoms with Gasteiger partial charge >= 0.3 is 0 Å². The van der Waals surface area contributed by atoms with Crippen LogP contribution >= 0.6 is 34.5 Å². The van der Waals surface area contributed by atoms with E-state index in [0.717, 1.165) is 41.6 Å². The van der Waals surface area contributed by atoms with E-state index < -0.39 is 0 Å². The Labute approximate surface area is 175 Å². The van der Waals surface area contributed by atoms with Gasteiger partial charge in [0.2, 0.25) is 0 Å². The number of ether oxygens (including phenoxy) is 1. The van der Waals surface area contributed by atoms with Gasteiger partial charge in [0.15, 0.2) is 5.96 Å². The molecule has 0 spiro atoms. The predicted octanol–water partition coefficient (Wildman–Crippen LogP) is 4.80. The molecule has 1 atom stereocenters. The van der Waals surface area contributed by atoms with Gasteiger partial charge in [-0.1, -0.05) is 29.3 Å². The highest BCUT2D eigenvalue weighted by atomic mass is 35.5. The van der Waals surface area contributed by atoms with Crippen LogP contribution in [0.3, 0.4) is 0 Å². The van der Waals surface area contributed by atoms with Crippen molar-refractivity contribution in [1.82, 2.24) is 15.2 Å². The van der Waals surface area contributed by atoms with Crippen LogP contribution in [0.1, 0.15) is 35.7 Å². The summed E-state index contributed by atoms with van der Waals surface area (Å²) in [6, 6.07) is 5.63. The van der Waals surface area contributed by atoms with E-state index in [9.17, 15) is 0 Å². The molecule has 0 bridgehead atoms. The zero-order valence-electron chi connectivity index (χ0n) is 16.1. The number of aryl methyl sites for hydroxylation is 1. The van der Waals surface area contributed by atoms with Crippen LogP contribution in [0, 0.1) is 0 Å². The van der Waals surface area contributed by atoms with Crippen LogP contribution < -0.4 is 5.32 Å². The second-order valence-electron chi connectivity index (χ2n) is 6.22. The van der Waals surface area contributed by atoms with E-state index in [1.807, 2.05) is 26.1 Å². The van der Waals surface area contributed by atoms with Crippen molar-refractivity contribution in [1.29, 1.82) is 0 Å². The van der Waals surface area contributed by atoms with Gasteiger partial charge in [-0.15, -0.1) is 11.3 Å². The number of halogens is 2. The molecule has 1 heterocycles. The van der Waals surface area contributed by atoms with Crippen molar-refractivity contribution < 1.29 is 4.74 Å². The number of thiazole rings is 1. The summed E-state index contributed by atoms with van der Waals surface area (Å²) in [6.07, 6.45) is 1.85. The second-order valence-corrected chi connectivity index (χ2v) is 7.96. The lowest BCUT2D eigenvalue weighted by molar-refractivity contribution is 0.119. The molecule has 0 aliphatic carbocycles. The number of hydrogen-bond donors (Lipinski definition) is 1. The largest absolute Gasteiger partial charge is 0.375 e. The smallest absolute Gasteiger partial charge is 0.193 e. The average molecular weight is 429 g/mol. The van der Waals surface area contributed by atoms with Crippen molar-refractivity contribution in [2.75, 3.05) is 27.7 Å². The number of nitrogens with zero attached hydrogens (tertiary/aromatic N) is 3. The number of aromatic nitrogens is 1. The van der Waals surface area contributed by atoms with E-state index in [0.29, 0.717) is 16.6 Å². The summed E-state index contributed by atoms with van der Waals surface area (Å²) in [7, 11) is 5.49. The number of benzene rings is 1. The Morgan fingerprint density at radius 2 is 2.19 bits per heavy atom. The van der Waals surface area contributed by atoms with Gasteiger partial charge in [-0.05, 0) is 37.5 Å². The molecule has 0 saturated heterocycles. The highest BCUT2D eigenvalue weighted by Gasteiger charge is 2.12. The number of guanidine groups is 1. The van der Waals surface area contributed by atoms with E-state index in [1.54, 1.807) is 31.6 Å². The summed E-state index contributed by atoms with van der Waals surface area (Å²) in [6.45, 7) is 3.49. The third-order valence-electron chi connectivity index (χ3n) is 4.16. The van der Waals surface area contributed by atoms with Crippen molar-refractivity contribution in [2.45, 2.75) is 32.4 Å². The molecule has 1 N–H and O–H groups in total. The highest BCUT2D eigenvalue weighted by molar-refractivity contribution is 7.09. The maximum Gasteiger partial charge on any atom is 0.193 e. The van der Waals surface area contributed by atoms with Gasteiger partial charge < -0.3 is 15.0 Å². The molecule has 0 saturated carbocycles. The summed E-state index contributed by atoms with van der Waals surface area (Å²) in [4.78, 5) is 11.1. The standard InChI is InChI=1S/C19H26Cl2N4OS/c1-13(26-4)18-24-16(12-27-18)11-25(3)19(22-2)23-9-5-6-14-7-8-15(20)10-17(14)21/h7-8,10,12-13H,5-6,9,11H2,1-4H3,(H,22,23). The summed E-state index contributed by atoms with van der Waals surface area (Å²) in [5, 5.41) is 7.82. The van der Waals surface area contributed by atoms with Gasteiger partial charge in [-0.3, -0.25) is 4.99 Å². The first-order chi connectivity index (χ1) is 12.9. The van der Waals surface area contributed by atoms with Crippen LogP contribution in [-0.2, 0) is 17.7 Å². The van der Waals surface area contributed by atoms with E-state index in [4.69, 9.17) is 27.9 Å². The summed E-state index contributed by atoms with van der Waals surface area (Å²) in [5.74, 6) is 0.839. The third kappa shape index (κ3) is 6.64. The molecule has 27 heavy (non-hydrogen) atoms. The molecule has 5 nitrogen and oxygen atoms in total. The number of rotatable bonds is 8. The van der Waals surface area contributed by atoms with Crippen molar-refractivity contribution in [2.24, 2.45) is 4.99 Å².